The fourth-order valence-corrected chi connectivity index (χ4v) is 7.67. The molecule has 1 aliphatic carbocycles. The van der Waals surface area contributed by atoms with Gasteiger partial charge in [-0.3, -0.25) is 0 Å². The van der Waals surface area contributed by atoms with E-state index in [2.05, 4.69) is 97.1 Å². The summed E-state index contributed by atoms with van der Waals surface area (Å²) in [6.45, 7) is 0. The molecule has 6 heteroatoms. The lowest BCUT2D eigenvalue weighted by Gasteiger charge is -2.11. The normalized spacial score (nSPS) is 12.8. The van der Waals surface area contributed by atoms with Crippen LogP contribution in [-0.4, -0.2) is 24.9 Å². The third-order valence-electron chi connectivity index (χ3n) is 8.79. The number of rotatable bonds is 6. The predicted octanol–water partition coefficient (Wildman–Crippen LogP) is 11.1. The Morgan fingerprint density at radius 3 is 1.80 bits per heavy atom. The first-order valence-corrected chi connectivity index (χ1v) is 17.2. The molecule has 0 amide bonds. The van der Waals surface area contributed by atoms with Gasteiger partial charge in [-0.15, -0.1) is 11.3 Å². The van der Waals surface area contributed by atoms with Crippen molar-refractivity contribution in [3.05, 3.63) is 158 Å². The summed E-state index contributed by atoms with van der Waals surface area (Å²) in [5.74, 6) is 2.73. The summed E-state index contributed by atoms with van der Waals surface area (Å²) in [5, 5.41) is 2.28. The number of hydrogen-bond donors (Lipinski definition) is 0. The van der Waals surface area contributed by atoms with E-state index in [-0.39, 0.29) is 0 Å². The first kappa shape index (κ1) is 29.1. The molecule has 0 aliphatic heterocycles. The maximum Gasteiger partial charge on any atom is 0.164 e. The Hall–Kier alpha value is -6.11. The number of thiophene rings is 1. The highest BCUT2D eigenvalue weighted by Crippen LogP contribution is 2.44. The van der Waals surface area contributed by atoms with Crippen molar-refractivity contribution in [1.29, 1.82) is 0 Å². The minimum Gasteiger partial charge on any atom is -0.228 e. The van der Waals surface area contributed by atoms with E-state index in [9.17, 15) is 0 Å². The Kier molecular flexibility index (Phi) is 7.41. The van der Waals surface area contributed by atoms with E-state index in [0.29, 0.717) is 23.3 Å². The Morgan fingerprint density at radius 2 is 1.08 bits per heavy atom. The van der Waals surface area contributed by atoms with Gasteiger partial charge in [0.25, 0.3) is 0 Å². The van der Waals surface area contributed by atoms with E-state index < -0.39 is 0 Å². The quantitative estimate of drug-likeness (QED) is 0.180. The van der Waals surface area contributed by atoms with Gasteiger partial charge in [-0.25, -0.2) is 24.9 Å². The van der Waals surface area contributed by atoms with E-state index in [1.165, 1.54) is 4.70 Å². The lowest BCUT2D eigenvalue weighted by Crippen LogP contribution is -2.03. The van der Waals surface area contributed by atoms with Crippen LogP contribution >= 0.6 is 11.3 Å². The molecule has 0 spiro atoms. The van der Waals surface area contributed by atoms with Crippen LogP contribution in [-0.2, 0) is 0 Å². The largest absolute Gasteiger partial charge is 0.228 e. The van der Waals surface area contributed by atoms with Gasteiger partial charge in [-0.2, -0.15) is 0 Å². The van der Waals surface area contributed by atoms with Crippen LogP contribution in [0.4, 0.5) is 0 Å². The van der Waals surface area contributed by atoms with Crippen LogP contribution in [0.15, 0.2) is 152 Å². The van der Waals surface area contributed by atoms with Crippen LogP contribution in [0.1, 0.15) is 18.7 Å². The molecule has 5 nitrogen and oxygen atoms in total. The van der Waals surface area contributed by atoms with Gasteiger partial charge in [0.1, 0.15) is 0 Å². The van der Waals surface area contributed by atoms with E-state index >= 15 is 0 Å². The smallest absolute Gasteiger partial charge is 0.164 e. The summed E-state index contributed by atoms with van der Waals surface area (Å²) < 4.78 is 2.33. The van der Waals surface area contributed by atoms with E-state index in [0.717, 1.165) is 73.1 Å². The van der Waals surface area contributed by atoms with E-state index in [1.54, 1.807) is 11.3 Å². The summed E-state index contributed by atoms with van der Waals surface area (Å²) in [4.78, 5) is 25.3. The van der Waals surface area contributed by atoms with Crippen molar-refractivity contribution in [2.45, 2.75) is 12.8 Å². The molecule has 232 valence electrons. The average molecular weight is 648 g/mol. The third kappa shape index (κ3) is 5.52. The van der Waals surface area contributed by atoms with Crippen LogP contribution in [0.25, 0.3) is 82.4 Å². The number of hydrogen-bond acceptors (Lipinski definition) is 6. The molecule has 0 saturated heterocycles. The summed E-state index contributed by atoms with van der Waals surface area (Å²) in [5.41, 5.74) is 7.86. The number of benzene rings is 5. The van der Waals surface area contributed by atoms with Crippen LogP contribution in [0.5, 0.6) is 0 Å². The number of fused-ring (bicyclic) bond motifs is 3. The molecule has 0 saturated carbocycles. The molecule has 9 rings (SSSR count). The van der Waals surface area contributed by atoms with Crippen molar-refractivity contribution in [3.63, 3.8) is 0 Å². The topological polar surface area (TPSA) is 64.5 Å². The second kappa shape index (κ2) is 12.5. The third-order valence-corrected chi connectivity index (χ3v) is 9.99. The fourth-order valence-electron chi connectivity index (χ4n) is 6.42. The van der Waals surface area contributed by atoms with Gasteiger partial charge < -0.3 is 0 Å². The first-order valence-electron chi connectivity index (χ1n) is 16.4. The van der Waals surface area contributed by atoms with Gasteiger partial charge in [-0.05, 0) is 25.0 Å². The maximum absolute atomic E-state index is 5.16. The highest BCUT2D eigenvalue weighted by Gasteiger charge is 2.20. The highest BCUT2D eigenvalue weighted by molar-refractivity contribution is 7.26. The first-order chi connectivity index (χ1) is 24.3. The number of allylic oxidation sites excluding steroid dienone is 4. The maximum atomic E-state index is 5.16. The Morgan fingerprint density at radius 1 is 0.469 bits per heavy atom. The predicted molar refractivity (Wildman–Crippen MR) is 202 cm³/mol. The zero-order valence-electron chi connectivity index (χ0n) is 26.5. The van der Waals surface area contributed by atoms with Crippen molar-refractivity contribution >= 4 is 37.1 Å². The summed E-state index contributed by atoms with van der Waals surface area (Å²) in [7, 11) is 0. The summed E-state index contributed by atoms with van der Waals surface area (Å²) in [6, 6.07) is 45.7. The van der Waals surface area contributed by atoms with Gasteiger partial charge in [0.15, 0.2) is 23.3 Å². The van der Waals surface area contributed by atoms with Crippen molar-refractivity contribution < 1.29 is 0 Å². The Balaban J connectivity index is 1.25. The molecule has 0 bridgehead atoms. The number of aromatic nitrogens is 5. The molecule has 3 aromatic heterocycles. The molecule has 5 aromatic carbocycles. The standard InChI is InChI=1S/C43H29N5S/c1-5-15-28(16-6-1)35-27-36(45-40(44-35)29-17-7-2-8-18-29)32-23-13-24-33-38-34(25-14-26-37(38)49-39(32)33)43-47-41(30-19-9-3-10-20-30)46-42(48-43)31-21-11-4-12-22-31/h1-3,5-11,13-27H,4,12H2. The lowest BCUT2D eigenvalue weighted by molar-refractivity contribution is 1.01. The van der Waals surface area contributed by atoms with Crippen molar-refractivity contribution in [3.8, 4) is 56.7 Å². The van der Waals surface area contributed by atoms with Gasteiger partial charge in [0.05, 0.1) is 11.4 Å². The van der Waals surface area contributed by atoms with Crippen molar-refractivity contribution in [2.24, 2.45) is 0 Å². The summed E-state index contributed by atoms with van der Waals surface area (Å²) in [6.07, 6.45) is 8.54. The molecule has 0 unspecified atom stereocenters. The lowest BCUT2D eigenvalue weighted by atomic mass is 10.0. The minimum absolute atomic E-state index is 0.666. The van der Waals surface area contributed by atoms with E-state index in [1.807, 2.05) is 54.6 Å². The average Bonchev–Trinajstić information content (AvgIpc) is 3.58. The van der Waals surface area contributed by atoms with Crippen LogP contribution < -0.4 is 0 Å². The molecule has 0 atom stereocenters. The van der Waals surface area contributed by atoms with Crippen molar-refractivity contribution in [1.82, 2.24) is 24.9 Å². The molecule has 0 fully saturated rings. The molecular weight excluding hydrogens is 619 g/mol. The van der Waals surface area contributed by atoms with Gasteiger partial charge in [-0.1, -0.05) is 140 Å². The number of nitrogens with zero attached hydrogens (tertiary/aromatic N) is 5. The summed E-state index contributed by atoms with van der Waals surface area (Å²) >= 11 is 1.77. The van der Waals surface area contributed by atoms with Crippen molar-refractivity contribution in [2.75, 3.05) is 0 Å². The molecular formula is C43H29N5S. The van der Waals surface area contributed by atoms with Crippen LogP contribution in [0.2, 0.25) is 0 Å². The molecule has 1 aliphatic rings. The van der Waals surface area contributed by atoms with Crippen LogP contribution in [0, 0.1) is 0 Å². The molecule has 8 aromatic rings. The fraction of sp³-hybridized carbons (Fsp3) is 0.0465. The highest BCUT2D eigenvalue weighted by atomic mass is 32.1. The van der Waals surface area contributed by atoms with Gasteiger partial charge >= 0.3 is 0 Å². The molecule has 3 heterocycles. The Bertz CT molecular complexity index is 2480. The zero-order valence-corrected chi connectivity index (χ0v) is 27.3. The van der Waals surface area contributed by atoms with E-state index in [4.69, 9.17) is 24.9 Å². The van der Waals surface area contributed by atoms with Gasteiger partial charge in [0, 0.05) is 53.6 Å². The molecule has 49 heavy (non-hydrogen) atoms. The second-order valence-electron chi connectivity index (χ2n) is 12.0. The monoisotopic (exact) mass is 647 g/mol. The van der Waals surface area contributed by atoms with Crippen LogP contribution in [0.3, 0.4) is 0 Å². The zero-order chi connectivity index (χ0) is 32.6. The molecule has 0 N–H and O–H groups in total. The Labute approximate surface area is 288 Å². The molecule has 0 radical (unpaired) electrons. The minimum atomic E-state index is 0.666. The second-order valence-corrected chi connectivity index (χ2v) is 13.0. The van der Waals surface area contributed by atoms with Gasteiger partial charge in [0.2, 0.25) is 0 Å². The SMILES string of the molecule is C1=CC(c2nc(-c3ccccc3)nc(-c3cccc4sc5c(-c6cc(-c7ccccc7)nc(-c7ccccc7)n6)cccc5c34)n2)=CCC1.